The number of carboxylic acid groups (broad SMARTS) is 1. The van der Waals surface area contributed by atoms with E-state index in [1.807, 2.05) is 0 Å². The van der Waals surface area contributed by atoms with Gasteiger partial charge in [-0.05, 0) is 25.0 Å². The molecule has 0 atom stereocenters. The Morgan fingerprint density at radius 2 is 2.04 bits per heavy atom. The quantitative estimate of drug-likeness (QED) is 0.737. The minimum Gasteiger partial charge on any atom is -0.486 e. The van der Waals surface area contributed by atoms with Crippen molar-refractivity contribution in [2.75, 3.05) is 5.32 Å². The Hall–Kier alpha value is -2.82. The third kappa shape index (κ3) is 4.67. The van der Waals surface area contributed by atoms with Gasteiger partial charge in [-0.25, -0.2) is 14.2 Å². The lowest BCUT2D eigenvalue weighted by Crippen LogP contribution is -2.40. The number of hydrogen-bond donors (Lipinski definition) is 2. The zero-order valence-electron chi connectivity index (χ0n) is 13.5. The van der Waals surface area contributed by atoms with Gasteiger partial charge in [0.1, 0.15) is 11.9 Å². The molecular weight excluding hydrogens is 389 g/mol. The Kier molecular flexibility index (Phi) is 5.49. The van der Waals surface area contributed by atoms with Gasteiger partial charge in [-0.2, -0.15) is 8.78 Å². The van der Waals surface area contributed by atoms with Crippen molar-refractivity contribution in [2.24, 2.45) is 5.92 Å². The molecule has 1 aliphatic carbocycles. The smallest absolute Gasteiger partial charge is 0.387 e. The van der Waals surface area contributed by atoms with Gasteiger partial charge in [0, 0.05) is 17.4 Å². The predicted octanol–water partition coefficient (Wildman–Crippen LogP) is 3.38. The predicted molar refractivity (Wildman–Crippen MR) is 87.9 cm³/mol. The van der Waals surface area contributed by atoms with Crippen LogP contribution in [0, 0.1) is 11.7 Å². The van der Waals surface area contributed by atoms with Gasteiger partial charge in [0.15, 0.2) is 22.3 Å². The van der Waals surface area contributed by atoms with E-state index in [-0.39, 0.29) is 41.1 Å². The van der Waals surface area contributed by atoms with E-state index < -0.39 is 30.4 Å². The van der Waals surface area contributed by atoms with Crippen LogP contribution in [0.15, 0.2) is 23.6 Å². The highest BCUT2D eigenvalue weighted by Crippen LogP contribution is 2.37. The van der Waals surface area contributed by atoms with Crippen molar-refractivity contribution in [3.8, 4) is 11.5 Å². The molecule has 1 fully saturated rings. The minimum absolute atomic E-state index is 0.162. The highest BCUT2D eigenvalue weighted by atomic mass is 32.1. The van der Waals surface area contributed by atoms with Crippen molar-refractivity contribution >= 4 is 28.3 Å². The van der Waals surface area contributed by atoms with Crippen LogP contribution in [0.1, 0.15) is 23.3 Å². The highest BCUT2D eigenvalue weighted by molar-refractivity contribution is 7.14. The largest absolute Gasteiger partial charge is 0.486 e. The molecule has 7 nitrogen and oxygen atoms in total. The van der Waals surface area contributed by atoms with E-state index in [4.69, 9.17) is 9.84 Å². The zero-order chi connectivity index (χ0) is 19.6. The number of anilines is 1. The average molecular weight is 402 g/mol. The number of nitrogens with zero attached hydrogens (tertiary/aromatic N) is 1. The third-order valence-electron chi connectivity index (χ3n) is 3.83. The molecule has 0 spiro atoms. The molecule has 0 radical (unpaired) electrons. The van der Waals surface area contributed by atoms with Crippen molar-refractivity contribution in [1.82, 2.24) is 4.98 Å². The molecule has 0 aliphatic heterocycles. The first-order valence-corrected chi connectivity index (χ1v) is 8.60. The first kappa shape index (κ1) is 19.0. The van der Waals surface area contributed by atoms with Gasteiger partial charge in [-0.15, -0.1) is 11.3 Å². The van der Waals surface area contributed by atoms with Crippen LogP contribution in [-0.4, -0.2) is 34.7 Å². The number of carboxylic acids is 1. The molecule has 144 valence electrons. The fourth-order valence-corrected chi connectivity index (χ4v) is 3.15. The molecule has 1 heterocycles. The summed E-state index contributed by atoms with van der Waals surface area (Å²) in [6, 6.07) is 2.96. The lowest BCUT2D eigenvalue weighted by molar-refractivity contribution is -0.125. The maximum atomic E-state index is 13.3. The van der Waals surface area contributed by atoms with Gasteiger partial charge in [-0.1, -0.05) is 0 Å². The van der Waals surface area contributed by atoms with Gasteiger partial charge in [-0.3, -0.25) is 4.79 Å². The van der Waals surface area contributed by atoms with Crippen LogP contribution in [-0.2, 0) is 4.79 Å². The fraction of sp³-hybridized carbons (Fsp3) is 0.312. The topological polar surface area (TPSA) is 97.8 Å². The Morgan fingerprint density at radius 3 is 2.67 bits per heavy atom. The van der Waals surface area contributed by atoms with E-state index in [1.54, 1.807) is 0 Å². The Bertz CT molecular complexity index is 854. The van der Waals surface area contributed by atoms with Crippen LogP contribution in [0.25, 0.3) is 0 Å². The maximum Gasteiger partial charge on any atom is 0.387 e. The van der Waals surface area contributed by atoms with Crippen LogP contribution >= 0.6 is 11.3 Å². The second kappa shape index (κ2) is 7.82. The third-order valence-corrected chi connectivity index (χ3v) is 4.59. The molecule has 1 aliphatic rings. The highest BCUT2D eigenvalue weighted by Gasteiger charge is 2.37. The number of amides is 1. The summed E-state index contributed by atoms with van der Waals surface area (Å²) in [7, 11) is 0. The van der Waals surface area contributed by atoms with Crippen molar-refractivity contribution in [3.05, 3.63) is 35.1 Å². The lowest BCUT2D eigenvalue weighted by Gasteiger charge is -2.34. The molecular formula is C16H13F3N2O5S. The number of alkyl halides is 2. The molecule has 11 heteroatoms. The number of thiazole rings is 1. The number of nitrogens with one attached hydrogen (secondary N) is 1. The van der Waals surface area contributed by atoms with Crippen LogP contribution < -0.4 is 14.8 Å². The molecule has 2 N–H and O–H groups in total. The normalized spacial score (nSPS) is 18.7. The summed E-state index contributed by atoms with van der Waals surface area (Å²) in [6.45, 7) is -3.08. The molecule has 1 amide bonds. The number of ether oxygens (including phenoxy) is 2. The van der Waals surface area contributed by atoms with Gasteiger partial charge in [0.25, 0.3) is 0 Å². The Balaban J connectivity index is 1.54. The van der Waals surface area contributed by atoms with Crippen molar-refractivity contribution in [2.45, 2.75) is 25.6 Å². The summed E-state index contributed by atoms with van der Waals surface area (Å²) in [6.07, 6.45) is 0.106. The molecule has 0 unspecified atom stereocenters. The lowest BCUT2D eigenvalue weighted by atomic mass is 9.81. The van der Waals surface area contributed by atoms with Crippen molar-refractivity contribution < 1.29 is 37.3 Å². The Labute approximate surface area is 154 Å². The summed E-state index contributed by atoms with van der Waals surface area (Å²) in [4.78, 5) is 26.6. The number of carbonyl (C=O) groups excluding carboxylic acids is 1. The summed E-state index contributed by atoms with van der Waals surface area (Å²) in [5.41, 5.74) is -0.164. The van der Waals surface area contributed by atoms with Gasteiger partial charge >= 0.3 is 12.6 Å². The van der Waals surface area contributed by atoms with Gasteiger partial charge < -0.3 is 19.9 Å². The molecule has 1 aromatic carbocycles. The number of aromatic nitrogens is 1. The molecule has 27 heavy (non-hydrogen) atoms. The summed E-state index contributed by atoms with van der Waals surface area (Å²) in [5, 5.41) is 12.8. The standard InChI is InChI=1S/C16H13F3N2O5S/c17-8-1-2-11(26-15(18)19)12(5-8)25-9-3-7(4-9)13(22)21-16-20-10(6-27-16)14(23)24/h1-2,5-7,9,15H,3-4H2,(H,23,24)(H,20,21,22). The van der Waals surface area contributed by atoms with E-state index in [2.05, 4.69) is 15.0 Å². The summed E-state index contributed by atoms with van der Waals surface area (Å²) >= 11 is 0.986. The zero-order valence-corrected chi connectivity index (χ0v) is 14.3. The van der Waals surface area contributed by atoms with Crippen LogP contribution in [0.2, 0.25) is 0 Å². The van der Waals surface area contributed by atoms with Crippen LogP contribution in [0.4, 0.5) is 18.3 Å². The van der Waals surface area contributed by atoms with Crippen LogP contribution in [0.5, 0.6) is 11.5 Å². The molecule has 0 bridgehead atoms. The van der Waals surface area contributed by atoms with E-state index >= 15 is 0 Å². The second-order valence-corrected chi connectivity index (χ2v) is 6.57. The number of benzene rings is 1. The first-order chi connectivity index (χ1) is 12.8. The van der Waals surface area contributed by atoms with Gasteiger partial charge in [0.05, 0.1) is 0 Å². The van der Waals surface area contributed by atoms with E-state index in [0.29, 0.717) is 0 Å². The molecule has 1 aromatic heterocycles. The Morgan fingerprint density at radius 1 is 1.30 bits per heavy atom. The average Bonchev–Trinajstić information content (AvgIpc) is 3.01. The number of hydrogen-bond acceptors (Lipinski definition) is 6. The maximum absolute atomic E-state index is 13.3. The molecule has 2 aromatic rings. The van der Waals surface area contributed by atoms with Crippen LogP contribution in [0.3, 0.4) is 0 Å². The number of rotatable bonds is 7. The van der Waals surface area contributed by atoms with E-state index in [1.165, 1.54) is 5.38 Å². The number of aromatic carboxylic acids is 1. The van der Waals surface area contributed by atoms with E-state index in [0.717, 1.165) is 29.5 Å². The summed E-state index contributed by atoms with van der Waals surface area (Å²) in [5.74, 6) is -3.09. The second-order valence-electron chi connectivity index (χ2n) is 5.71. The fourth-order valence-electron chi connectivity index (χ4n) is 2.46. The first-order valence-electron chi connectivity index (χ1n) is 7.72. The number of carbonyl (C=O) groups is 2. The van der Waals surface area contributed by atoms with Crippen molar-refractivity contribution in [3.63, 3.8) is 0 Å². The molecule has 0 saturated heterocycles. The molecule has 3 rings (SSSR count). The molecule has 1 saturated carbocycles. The van der Waals surface area contributed by atoms with Crippen molar-refractivity contribution in [1.29, 1.82) is 0 Å². The minimum atomic E-state index is -3.08. The number of halogens is 3. The van der Waals surface area contributed by atoms with Gasteiger partial charge in [0.2, 0.25) is 5.91 Å². The van der Waals surface area contributed by atoms with E-state index in [9.17, 15) is 22.8 Å². The SMILES string of the molecule is O=C(O)c1csc(NC(=O)C2CC(Oc3cc(F)ccc3OC(F)F)C2)n1. The summed E-state index contributed by atoms with van der Waals surface area (Å²) < 4.78 is 47.9. The monoisotopic (exact) mass is 402 g/mol.